The molecule has 1 atom stereocenters. The van der Waals surface area contributed by atoms with Crippen LogP contribution < -0.4 is 5.73 Å². The second-order valence-corrected chi connectivity index (χ2v) is 4.07. The Morgan fingerprint density at radius 2 is 2.33 bits per heavy atom. The van der Waals surface area contributed by atoms with Crippen LogP contribution in [0, 0.1) is 0 Å². The van der Waals surface area contributed by atoms with Crippen LogP contribution in [0.1, 0.15) is 32.1 Å². The third-order valence-electron chi connectivity index (χ3n) is 2.96. The van der Waals surface area contributed by atoms with E-state index < -0.39 is 0 Å². The van der Waals surface area contributed by atoms with Crippen molar-refractivity contribution in [3.05, 3.63) is 0 Å². The van der Waals surface area contributed by atoms with Gasteiger partial charge >= 0.3 is 0 Å². The number of nitrogens with zero attached hydrogens (tertiary/aromatic N) is 1. The Morgan fingerprint density at radius 3 is 3.00 bits per heavy atom. The van der Waals surface area contributed by atoms with Gasteiger partial charge in [-0.15, -0.1) is 0 Å². The van der Waals surface area contributed by atoms with Gasteiger partial charge in [0.1, 0.15) is 0 Å². The zero-order chi connectivity index (χ0) is 11.1. The first-order valence-electron chi connectivity index (χ1n) is 5.78. The number of likely N-dealkylation sites (tertiary alicyclic amines) is 1. The normalized spacial score (nSPS) is 20.9. The lowest BCUT2D eigenvalue weighted by Gasteiger charge is -2.23. The summed E-state index contributed by atoms with van der Waals surface area (Å²) in [7, 11) is 1.69. The monoisotopic (exact) mass is 214 g/mol. The third kappa shape index (κ3) is 3.80. The van der Waals surface area contributed by atoms with Crippen LogP contribution in [-0.2, 0) is 9.53 Å². The van der Waals surface area contributed by atoms with E-state index in [0.717, 1.165) is 38.8 Å². The highest BCUT2D eigenvalue weighted by atomic mass is 16.5. The molecule has 4 heteroatoms. The van der Waals surface area contributed by atoms with Gasteiger partial charge in [-0.25, -0.2) is 0 Å². The molecule has 0 aromatic carbocycles. The Bertz CT molecular complexity index is 197. The third-order valence-corrected chi connectivity index (χ3v) is 2.96. The van der Waals surface area contributed by atoms with Gasteiger partial charge in [0.15, 0.2) is 0 Å². The number of hydrogen-bond acceptors (Lipinski definition) is 3. The fourth-order valence-electron chi connectivity index (χ4n) is 2.08. The number of unbranched alkanes of at least 4 members (excludes halogenated alkanes) is 1. The maximum absolute atomic E-state index is 11.8. The molecule has 0 aromatic heterocycles. The van der Waals surface area contributed by atoms with Gasteiger partial charge in [-0.2, -0.15) is 0 Å². The van der Waals surface area contributed by atoms with Crippen molar-refractivity contribution in [1.82, 2.24) is 4.90 Å². The molecule has 15 heavy (non-hydrogen) atoms. The van der Waals surface area contributed by atoms with Crippen molar-refractivity contribution in [2.45, 2.75) is 38.1 Å². The molecule has 88 valence electrons. The predicted molar refractivity (Wildman–Crippen MR) is 59.5 cm³/mol. The lowest BCUT2D eigenvalue weighted by molar-refractivity contribution is -0.132. The second kappa shape index (κ2) is 6.80. The maximum Gasteiger partial charge on any atom is 0.222 e. The standard InChI is InChI=1S/C11H22N2O2/c1-15-8-3-2-6-11(14)13-7-4-5-10(13)9-12/h10H,2-9,12H2,1H3. The maximum atomic E-state index is 11.8. The Kier molecular flexibility index (Phi) is 5.65. The molecule has 0 radical (unpaired) electrons. The van der Waals surface area contributed by atoms with Crippen molar-refractivity contribution in [2.75, 3.05) is 26.8 Å². The first-order chi connectivity index (χ1) is 7.29. The summed E-state index contributed by atoms with van der Waals surface area (Å²) < 4.78 is 4.95. The van der Waals surface area contributed by atoms with Crippen molar-refractivity contribution in [2.24, 2.45) is 5.73 Å². The summed E-state index contributed by atoms with van der Waals surface area (Å²) in [4.78, 5) is 13.8. The second-order valence-electron chi connectivity index (χ2n) is 4.07. The molecule has 0 spiro atoms. The molecule has 0 bridgehead atoms. The molecule has 1 heterocycles. The smallest absolute Gasteiger partial charge is 0.222 e. The van der Waals surface area contributed by atoms with E-state index in [1.54, 1.807) is 7.11 Å². The zero-order valence-electron chi connectivity index (χ0n) is 9.58. The zero-order valence-corrected chi connectivity index (χ0v) is 9.58. The minimum atomic E-state index is 0.263. The number of methoxy groups -OCH3 is 1. The molecule has 4 nitrogen and oxygen atoms in total. The molecule has 1 aliphatic rings. The summed E-state index contributed by atoms with van der Waals surface area (Å²) in [6.45, 7) is 2.24. The quantitative estimate of drug-likeness (QED) is 0.664. The summed E-state index contributed by atoms with van der Waals surface area (Å²) in [6, 6.07) is 0.292. The molecule has 0 aliphatic carbocycles. The van der Waals surface area contributed by atoms with Crippen LogP contribution in [0.25, 0.3) is 0 Å². The van der Waals surface area contributed by atoms with Crippen LogP contribution in [0.3, 0.4) is 0 Å². The number of rotatable bonds is 6. The first-order valence-corrected chi connectivity index (χ1v) is 5.78. The van der Waals surface area contributed by atoms with E-state index in [1.807, 2.05) is 4.90 Å². The summed E-state index contributed by atoms with van der Waals surface area (Å²) in [5, 5.41) is 0. The molecule has 2 N–H and O–H groups in total. The Labute approximate surface area is 91.8 Å². The van der Waals surface area contributed by atoms with Crippen molar-refractivity contribution in [3.63, 3.8) is 0 Å². The number of nitrogens with two attached hydrogens (primary N) is 1. The molecule has 1 aliphatic heterocycles. The van der Waals surface area contributed by atoms with Gasteiger partial charge in [0.2, 0.25) is 5.91 Å². The highest BCUT2D eigenvalue weighted by Gasteiger charge is 2.26. The van der Waals surface area contributed by atoms with Crippen molar-refractivity contribution in [1.29, 1.82) is 0 Å². The highest BCUT2D eigenvalue weighted by Crippen LogP contribution is 2.17. The van der Waals surface area contributed by atoms with E-state index in [1.165, 1.54) is 0 Å². The molecule has 1 rings (SSSR count). The highest BCUT2D eigenvalue weighted by molar-refractivity contribution is 5.76. The summed E-state index contributed by atoms with van der Waals surface area (Å²) in [5.41, 5.74) is 5.62. The van der Waals surface area contributed by atoms with Crippen molar-refractivity contribution in [3.8, 4) is 0 Å². The first kappa shape index (κ1) is 12.5. The lowest BCUT2D eigenvalue weighted by atomic mass is 10.2. The topological polar surface area (TPSA) is 55.6 Å². The molecular weight excluding hydrogens is 192 g/mol. The minimum Gasteiger partial charge on any atom is -0.385 e. The number of ether oxygens (including phenoxy) is 1. The number of amides is 1. The number of carbonyl (C=O) groups is 1. The fraction of sp³-hybridized carbons (Fsp3) is 0.909. The van der Waals surface area contributed by atoms with Crippen LogP contribution in [-0.4, -0.2) is 43.7 Å². The Balaban J connectivity index is 2.21. The predicted octanol–water partition coefficient (Wildman–Crippen LogP) is 0.753. The molecule has 1 amide bonds. The van der Waals surface area contributed by atoms with Gasteiger partial charge in [0.25, 0.3) is 0 Å². The van der Waals surface area contributed by atoms with Crippen LogP contribution in [0.15, 0.2) is 0 Å². The summed E-state index contributed by atoms with van der Waals surface area (Å²) in [5.74, 6) is 0.263. The van der Waals surface area contributed by atoms with Crippen LogP contribution in [0.2, 0.25) is 0 Å². The van der Waals surface area contributed by atoms with E-state index in [9.17, 15) is 4.79 Å². The summed E-state index contributed by atoms with van der Waals surface area (Å²) in [6.07, 6.45) is 4.69. The lowest BCUT2D eigenvalue weighted by Crippen LogP contribution is -2.39. The van der Waals surface area contributed by atoms with Crippen LogP contribution >= 0.6 is 0 Å². The SMILES string of the molecule is COCCCCC(=O)N1CCCC1CN. The molecular formula is C11H22N2O2. The number of carbonyl (C=O) groups excluding carboxylic acids is 1. The van der Waals surface area contributed by atoms with E-state index in [-0.39, 0.29) is 5.91 Å². The average Bonchev–Trinajstić information content (AvgIpc) is 2.72. The molecule has 1 fully saturated rings. The van der Waals surface area contributed by atoms with Gasteiger partial charge in [0, 0.05) is 39.3 Å². The van der Waals surface area contributed by atoms with Crippen LogP contribution in [0.5, 0.6) is 0 Å². The Hall–Kier alpha value is -0.610. The van der Waals surface area contributed by atoms with E-state index in [0.29, 0.717) is 19.0 Å². The Morgan fingerprint density at radius 1 is 1.53 bits per heavy atom. The number of hydrogen-bond donors (Lipinski definition) is 1. The van der Waals surface area contributed by atoms with Crippen molar-refractivity contribution < 1.29 is 9.53 Å². The largest absolute Gasteiger partial charge is 0.385 e. The minimum absolute atomic E-state index is 0.263. The van der Waals surface area contributed by atoms with Gasteiger partial charge in [0.05, 0.1) is 0 Å². The fourth-order valence-corrected chi connectivity index (χ4v) is 2.08. The van der Waals surface area contributed by atoms with E-state index in [4.69, 9.17) is 10.5 Å². The average molecular weight is 214 g/mol. The van der Waals surface area contributed by atoms with E-state index in [2.05, 4.69) is 0 Å². The summed E-state index contributed by atoms with van der Waals surface area (Å²) >= 11 is 0. The van der Waals surface area contributed by atoms with Gasteiger partial charge in [-0.05, 0) is 25.7 Å². The molecule has 0 aromatic rings. The van der Waals surface area contributed by atoms with E-state index >= 15 is 0 Å². The van der Waals surface area contributed by atoms with Crippen LogP contribution in [0.4, 0.5) is 0 Å². The molecule has 1 saturated heterocycles. The van der Waals surface area contributed by atoms with Gasteiger partial charge in [-0.1, -0.05) is 0 Å². The van der Waals surface area contributed by atoms with Crippen molar-refractivity contribution >= 4 is 5.91 Å². The molecule has 1 unspecified atom stereocenters. The van der Waals surface area contributed by atoms with Gasteiger partial charge < -0.3 is 15.4 Å². The molecule has 0 saturated carbocycles. The van der Waals surface area contributed by atoms with Gasteiger partial charge in [-0.3, -0.25) is 4.79 Å².